The average molecular weight is 304 g/mol. The molecule has 2 aliphatic carbocycles. The number of nitrogens with zero attached hydrogens (tertiary/aromatic N) is 3. The molecule has 1 aromatic heterocycles. The molecular weight excluding hydrogens is 287 g/mol. The van der Waals surface area contributed by atoms with Crippen molar-refractivity contribution in [2.24, 2.45) is 5.73 Å². The minimum Gasteiger partial charge on any atom is -0.326 e. The molecule has 0 radical (unpaired) electrons. The third kappa shape index (κ3) is 2.46. The Bertz CT molecular complexity index is 676. The zero-order valence-corrected chi connectivity index (χ0v) is 12.4. The molecule has 2 saturated carbocycles. The van der Waals surface area contributed by atoms with Crippen LogP contribution in [0.2, 0.25) is 0 Å². The molecule has 2 N–H and O–H groups in total. The summed E-state index contributed by atoms with van der Waals surface area (Å²) in [6.45, 7) is 0.196. The van der Waals surface area contributed by atoms with Crippen molar-refractivity contribution in [3.8, 4) is 0 Å². The Hall–Kier alpha value is -1.40. The number of halogens is 1. The van der Waals surface area contributed by atoms with Crippen LogP contribution in [-0.4, -0.2) is 14.8 Å². The van der Waals surface area contributed by atoms with Crippen molar-refractivity contribution >= 4 is 11.8 Å². The Kier molecular flexibility index (Phi) is 3.23. The Morgan fingerprint density at radius 3 is 2.71 bits per heavy atom. The molecule has 0 aliphatic heterocycles. The molecule has 1 heterocycles. The summed E-state index contributed by atoms with van der Waals surface area (Å²) < 4.78 is 16.1. The van der Waals surface area contributed by atoms with E-state index in [1.165, 1.54) is 43.5 Å². The van der Waals surface area contributed by atoms with Gasteiger partial charge in [-0.25, -0.2) is 4.39 Å². The fourth-order valence-electron chi connectivity index (χ4n) is 2.58. The van der Waals surface area contributed by atoms with Crippen LogP contribution >= 0.6 is 11.8 Å². The fourth-order valence-corrected chi connectivity index (χ4v) is 3.65. The highest BCUT2D eigenvalue weighted by molar-refractivity contribution is 7.99. The van der Waals surface area contributed by atoms with E-state index in [0.717, 1.165) is 15.9 Å². The minimum atomic E-state index is -0.248. The van der Waals surface area contributed by atoms with Gasteiger partial charge in [-0.3, -0.25) is 0 Å². The molecule has 0 amide bonds. The molecule has 0 saturated heterocycles. The van der Waals surface area contributed by atoms with E-state index in [1.807, 2.05) is 6.07 Å². The van der Waals surface area contributed by atoms with Crippen molar-refractivity contribution in [3.05, 3.63) is 35.4 Å². The molecular formula is C15H17FN4S. The van der Waals surface area contributed by atoms with Crippen molar-refractivity contribution in [2.75, 3.05) is 0 Å². The highest BCUT2D eigenvalue weighted by Gasteiger charge is 2.36. The van der Waals surface area contributed by atoms with Crippen molar-refractivity contribution < 1.29 is 4.39 Å². The second kappa shape index (κ2) is 5.10. The van der Waals surface area contributed by atoms with Gasteiger partial charge in [0.05, 0.1) is 0 Å². The highest BCUT2D eigenvalue weighted by atomic mass is 32.2. The van der Waals surface area contributed by atoms with Crippen LogP contribution < -0.4 is 5.73 Å². The van der Waals surface area contributed by atoms with Crippen molar-refractivity contribution in [3.63, 3.8) is 0 Å². The number of benzene rings is 1. The van der Waals surface area contributed by atoms with Crippen LogP contribution in [0.25, 0.3) is 0 Å². The summed E-state index contributed by atoms with van der Waals surface area (Å²) in [6.07, 6.45) is 4.81. The molecule has 0 atom stereocenters. The van der Waals surface area contributed by atoms with Gasteiger partial charge in [0.1, 0.15) is 11.6 Å². The first-order valence-electron chi connectivity index (χ1n) is 7.38. The van der Waals surface area contributed by atoms with Gasteiger partial charge in [-0.1, -0.05) is 6.07 Å². The number of rotatable bonds is 5. The second-order valence-corrected chi connectivity index (χ2v) is 6.75. The molecule has 2 fully saturated rings. The molecule has 110 valence electrons. The first kappa shape index (κ1) is 13.3. The van der Waals surface area contributed by atoms with E-state index < -0.39 is 0 Å². The van der Waals surface area contributed by atoms with Gasteiger partial charge in [0.25, 0.3) is 0 Å². The number of hydrogen-bond donors (Lipinski definition) is 1. The Balaban J connectivity index is 1.70. The molecule has 0 unspecified atom stereocenters. The third-order valence-electron chi connectivity index (χ3n) is 4.03. The maximum atomic E-state index is 13.8. The smallest absolute Gasteiger partial charge is 0.196 e. The molecule has 4 nitrogen and oxygen atoms in total. The van der Waals surface area contributed by atoms with Gasteiger partial charge in [0.15, 0.2) is 5.16 Å². The molecule has 2 aromatic rings. The maximum absolute atomic E-state index is 13.8. The number of nitrogens with two attached hydrogens (primary N) is 1. The SMILES string of the molecule is NCc1c(F)cccc1Sc1nnc(C2CC2)n1C1CC1. The second-order valence-electron chi connectivity index (χ2n) is 5.74. The Labute approximate surface area is 126 Å². The molecule has 0 spiro atoms. The monoisotopic (exact) mass is 304 g/mol. The van der Waals surface area contributed by atoms with Gasteiger partial charge < -0.3 is 10.3 Å². The van der Waals surface area contributed by atoms with Crippen LogP contribution in [0.1, 0.15) is 49.0 Å². The largest absolute Gasteiger partial charge is 0.326 e. The standard InChI is InChI=1S/C15H17FN4S/c16-12-2-1-3-13(11(12)8-17)21-15-19-18-14(9-4-5-9)20(15)10-6-7-10/h1-3,9-10H,4-8,17H2. The van der Waals surface area contributed by atoms with Gasteiger partial charge in [-0.15, -0.1) is 10.2 Å². The quantitative estimate of drug-likeness (QED) is 0.921. The van der Waals surface area contributed by atoms with E-state index >= 15 is 0 Å². The van der Waals surface area contributed by atoms with Gasteiger partial charge in [-0.2, -0.15) is 0 Å². The molecule has 6 heteroatoms. The third-order valence-corrected chi connectivity index (χ3v) is 5.09. The predicted molar refractivity (Wildman–Crippen MR) is 78.7 cm³/mol. The van der Waals surface area contributed by atoms with Crippen molar-refractivity contribution in [2.45, 2.75) is 54.2 Å². The lowest BCUT2D eigenvalue weighted by atomic mass is 10.2. The average Bonchev–Trinajstić information content (AvgIpc) is 3.39. The van der Waals surface area contributed by atoms with Crippen LogP contribution in [0.5, 0.6) is 0 Å². The van der Waals surface area contributed by atoms with Gasteiger partial charge in [-0.05, 0) is 49.6 Å². The number of aromatic nitrogens is 3. The predicted octanol–water partition coefficient (Wildman–Crippen LogP) is 3.24. The van der Waals surface area contributed by atoms with Crippen LogP contribution in [0.3, 0.4) is 0 Å². The van der Waals surface area contributed by atoms with Crippen LogP contribution in [0.4, 0.5) is 4.39 Å². The van der Waals surface area contributed by atoms with Crippen LogP contribution in [-0.2, 0) is 6.54 Å². The summed E-state index contributed by atoms with van der Waals surface area (Å²) in [5.41, 5.74) is 6.24. The summed E-state index contributed by atoms with van der Waals surface area (Å²) in [4.78, 5) is 0.842. The van der Waals surface area contributed by atoms with E-state index in [0.29, 0.717) is 17.5 Å². The lowest BCUT2D eigenvalue weighted by Gasteiger charge is -2.10. The minimum absolute atomic E-state index is 0.196. The summed E-state index contributed by atoms with van der Waals surface area (Å²) >= 11 is 1.48. The topological polar surface area (TPSA) is 56.7 Å². The summed E-state index contributed by atoms with van der Waals surface area (Å²) in [5, 5.41) is 9.61. The van der Waals surface area contributed by atoms with Gasteiger partial charge in [0.2, 0.25) is 0 Å². The van der Waals surface area contributed by atoms with Crippen molar-refractivity contribution in [1.82, 2.24) is 14.8 Å². The molecule has 4 rings (SSSR count). The summed E-state index contributed by atoms with van der Waals surface area (Å²) in [5.74, 6) is 1.45. The zero-order chi connectivity index (χ0) is 14.4. The molecule has 2 aliphatic rings. The van der Waals surface area contributed by atoms with E-state index in [4.69, 9.17) is 5.73 Å². The van der Waals surface area contributed by atoms with E-state index in [9.17, 15) is 4.39 Å². The lowest BCUT2D eigenvalue weighted by molar-refractivity contribution is 0.603. The highest BCUT2D eigenvalue weighted by Crippen LogP contribution is 2.47. The normalized spacial score (nSPS) is 18.2. The maximum Gasteiger partial charge on any atom is 0.196 e. The first-order valence-corrected chi connectivity index (χ1v) is 8.19. The van der Waals surface area contributed by atoms with Crippen LogP contribution in [0, 0.1) is 5.82 Å². The van der Waals surface area contributed by atoms with Gasteiger partial charge >= 0.3 is 0 Å². The summed E-state index contributed by atoms with van der Waals surface area (Å²) in [6, 6.07) is 5.61. The lowest BCUT2D eigenvalue weighted by Crippen LogP contribution is -2.04. The zero-order valence-electron chi connectivity index (χ0n) is 11.6. The molecule has 1 aromatic carbocycles. The number of hydrogen-bond acceptors (Lipinski definition) is 4. The van der Waals surface area contributed by atoms with Gasteiger partial charge in [0, 0.05) is 29.0 Å². The van der Waals surface area contributed by atoms with E-state index in [1.54, 1.807) is 6.07 Å². The molecule has 21 heavy (non-hydrogen) atoms. The first-order chi connectivity index (χ1) is 10.3. The summed E-state index contributed by atoms with van der Waals surface area (Å²) in [7, 11) is 0. The Morgan fingerprint density at radius 1 is 1.24 bits per heavy atom. The van der Waals surface area contributed by atoms with Crippen molar-refractivity contribution in [1.29, 1.82) is 0 Å². The fraction of sp³-hybridized carbons (Fsp3) is 0.467. The van der Waals surface area contributed by atoms with E-state index in [2.05, 4.69) is 14.8 Å². The molecule has 0 bridgehead atoms. The Morgan fingerprint density at radius 2 is 2.05 bits per heavy atom. The van der Waals surface area contributed by atoms with E-state index in [-0.39, 0.29) is 12.4 Å². The van der Waals surface area contributed by atoms with Crippen LogP contribution in [0.15, 0.2) is 28.3 Å².